The fourth-order valence-electron chi connectivity index (χ4n) is 4.16. The topological polar surface area (TPSA) is 70.3 Å². The molecule has 1 fully saturated rings. The standard InChI is InChI=1S/C21H17Cl2NO3/c1-19(2)20(12-17(22)23,21(19,13-24)18(25)26)14-7-6-10-16(11-14)27-15-8-4-3-5-9-15/h3-12H,1-2H3,(H,25,26)/t20-,21-/m0/s1. The molecule has 0 amide bonds. The van der Waals surface area contributed by atoms with E-state index in [0.29, 0.717) is 17.1 Å². The number of allylic oxidation sites excluding steroid dienone is 1. The van der Waals surface area contributed by atoms with Crippen LogP contribution >= 0.6 is 23.2 Å². The van der Waals surface area contributed by atoms with Crippen molar-refractivity contribution in [2.45, 2.75) is 19.3 Å². The molecule has 1 N–H and O–H groups in total. The van der Waals surface area contributed by atoms with E-state index in [1.807, 2.05) is 36.4 Å². The molecule has 138 valence electrons. The normalized spacial score (nSPS) is 25.1. The van der Waals surface area contributed by atoms with Crippen LogP contribution in [0.5, 0.6) is 11.5 Å². The van der Waals surface area contributed by atoms with Gasteiger partial charge in [-0.1, -0.05) is 67.4 Å². The highest BCUT2D eigenvalue weighted by Gasteiger charge is 2.87. The quantitative estimate of drug-likeness (QED) is 0.700. The summed E-state index contributed by atoms with van der Waals surface area (Å²) in [5.41, 5.74) is -3.21. The summed E-state index contributed by atoms with van der Waals surface area (Å²) >= 11 is 11.9. The monoisotopic (exact) mass is 401 g/mol. The number of benzene rings is 2. The van der Waals surface area contributed by atoms with Crippen LogP contribution in [-0.2, 0) is 10.2 Å². The minimum atomic E-state index is -1.69. The van der Waals surface area contributed by atoms with Gasteiger partial charge in [0, 0.05) is 5.41 Å². The van der Waals surface area contributed by atoms with Gasteiger partial charge in [-0.3, -0.25) is 4.79 Å². The van der Waals surface area contributed by atoms with Crippen LogP contribution in [0.3, 0.4) is 0 Å². The van der Waals surface area contributed by atoms with Crippen molar-refractivity contribution in [3.05, 3.63) is 70.7 Å². The molecule has 0 unspecified atom stereocenters. The average molecular weight is 402 g/mol. The number of hydrogen-bond acceptors (Lipinski definition) is 3. The van der Waals surface area contributed by atoms with Gasteiger partial charge in [-0.15, -0.1) is 0 Å². The summed E-state index contributed by atoms with van der Waals surface area (Å²) in [7, 11) is 0. The molecule has 0 aliphatic heterocycles. The summed E-state index contributed by atoms with van der Waals surface area (Å²) in [4.78, 5) is 12.1. The number of nitrogens with zero attached hydrogens (tertiary/aromatic N) is 1. The number of carbonyl (C=O) groups is 1. The fraction of sp³-hybridized carbons (Fsp3) is 0.238. The Kier molecular flexibility index (Phi) is 4.71. The minimum absolute atomic E-state index is 0.0872. The Labute approximate surface area is 167 Å². The van der Waals surface area contributed by atoms with Crippen LogP contribution < -0.4 is 4.74 Å². The van der Waals surface area contributed by atoms with E-state index >= 15 is 0 Å². The highest BCUT2D eigenvalue weighted by molar-refractivity contribution is 6.56. The number of ether oxygens (including phenoxy) is 1. The number of aliphatic carboxylic acids is 1. The van der Waals surface area contributed by atoms with Gasteiger partial charge in [0.2, 0.25) is 0 Å². The lowest BCUT2D eigenvalue weighted by atomic mass is 9.85. The van der Waals surface area contributed by atoms with Gasteiger partial charge in [-0.05, 0) is 35.9 Å². The second-order valence-electron chi connectivity index (χ2n) is 6.98. The molecular weight excluding hydrogens is 385 g/mol. The highest BCUT2D eigenvalue weighted by atomic mass is 35.5. The number of hydrogen-bond donors (Lipinski definition) is 1. The zero-order valence-electron chi connectivity index (χ0n) is 14.7. The zero-order valence-corrected chi connectivity index (χ0v) is 16.3. The minimum Gasteiger partial charge on any atom is -0.480 e. The molecule has 0 bridgehead atoms. The molecule has 2 aromatic rings. The van der Waals surface area contributed by atoms with Crippen molar-refractivity contribution in [3.8, 4) is 17.6 Å². The summed E-state index contributed by atoms with van der Waals surface area (Å²) in [5.74, 6) is -0.0400. The van der Waals surface area contributed by atoms with Gasteiger partial charge in [0.15, 0.2) is 5.41 Å². The fourth-order valence-corrected chi connectivity index (χ4v) is 4.49. The zero-order chi connectivity index (χ0) is 19.9. The maximum atomic E-state index is 12.1. The van der Waals surface area contributed by atoms with Crippen LogP contribution in [-0.4, -0.2) is 11.1 Å². The third-order valence-electron chi connectivity index (χ3n) is 5.53. The number of carboxylic acid groups (broad SMARTS) is 1. The first-order chi connectivity index (χ1) is 12.7. The SMILES string of the molecule is CC1(C)[C@](C#N)(C(=O)O)[C@@]1(C=C(Cl)Cl)c1cccc(Oc2ccccc2)c1. The van der Waals surface area contributed by atoms with E-state index in [1.54, 1.807) is 38.1 Å². The van der Waals surface area contributed by atoms with Crippen LogP contribution in [0.25, 0.3) is 0 Å². The van der Waals surface area contributed by atoms with Gasteiger partial charge in [0.05, 0.1) is 11.5 Å². The van der Waals surface area contributed by atoms with Crippen LogP contribution in [0.1, 0.15) is 19.4 Å². The van der Waals surface area contributed by atoms with Crippen LogP contribution in [0.4, 0.5) is 0 Å². The van der Waals surface area contributed by atoms with Gasteiger partial charge in [-0.25, -0.2) is 0 Å². The van der Waals surface area contributed by atoms with Crippen molar-refractivity contribution in [2.24, 2.45) is 10.8 Å². The summed E-state index contributed by atoms with van der Waals surface area (Å²) in [6.07, 6.45) is 1.45. The third-order valence-corrected chi connectivity index (χ3v) is 5.75. The third kappa shape index (κ3) is 2.62. The van der Waals surface area contributed by atoms with E-state index in [2.05, 4.69) is 0 Å². The van der Waals surface area contributed by atoms with E-state index in [1.165, 1.54) is 6.08 Å². The molecule has 0 heterocycles. The number of para-hydroxylation sites is 1. The Balaban J connectivity index is 2.14. The van der Waals surface area contributed by atoms with Crippen LogP contribution in [0.15, 0.2) is 65.2 Å². The van der Waals surface area contributed by atoms with Crippen molar-refractivity contribution < 1.29 is 14.6 Å². The van der Waals surface area contributed by atoms with E-state index in [4.69, 9.17) is 27.9 Å². The van der Waals surface area contributed by atoms with Gasteiger partial charge in [0.25, 0.3) is 0 Å². The molecule has 2 atom stereocenters. The molecule has 2 aromatic carbocycles. The van der Waals surface area contributed by atoms with Crippen molar-refractivity contribution in [1.29, 1.82) is 5.26 Å². The van der Waals surface area contributed by atoms with Crippen molar-refractivity contribution in [1.82, 2.24) is 0 Å². The Morgan fingerprint density at radius 3 is 2.26 bits per heavy atom. The first kappa shape index (κ1) is 19.3. The first-order valence-electron chi connectivity index (χ1n) is 8.25. The predicted molar refractivity (Wildman–Crippen MR) is 104 cm³/mol. The molecule has 3 rings (SSSR count). The summed E-state index contributed by atoms with van der Waals surface area (Å²) in [5, 5.41) is 19.7. The molecule has 1 saturated carbocycles. The Morgan fingerprint density at radius 1 is 1.11 bits per heavy atom. The van der Waals surface area contributed by atoms with Gasteiger partial charge in [0.1, 0.15) is 16.0 Å². The van der Waals surface area contributed by atoms with Crippen LogP contribution in [0.2, 0.25) is 0 Å². The van der Waals surface area contributed by atoms with Gasteiger partial charge in [-0.2, -0.15) is 5.26 Å². The molecule has 6 heteroatoms. The van der Waals surface area contributed by atoms with E-state index < -0.39 is 22.2 Å². The van der Waals surface area contributed by atoms with Crippen molar-refractivity contribution >= 4 is 29.2 Å². The van der Waals surface area contributed by atoms with Gasteiger partial charge >= 0.3 is 5.97 Å². The average Bonchev–Trinajstić information content (AvgIpc) is 3.06. The summed E-state index contributed by atoms with van der Waals surface area (Å²) in [6.45, 7) is 3.45. The lowest BCUT2D eigenvalue weighted by molar-refractivity contribution is -0.142. The molecule has 0 radical (unpaired) electrons. The van der Waals surface area contributed by atoms with Crippen LogP contribution in [0, 0.1) is 22.2 Å². The Bertz CT molecular complexity index is 961. The molecule has 0 aromatic heterocycles. The number of nitriles is 1. The smallest absolute Gasteiger partial charge is 0.325 e. The summed E-state index contributed by atoms with van der Waals surface area (Å²) < 4.78 is 5.77. The molecule has 4 nitrogen and oxygen atoms in total. The molecular formula is C21H17Cl2NO3. The number of rotatable bonds is 5. The summed E-state index contributed by atoms with van der Waals surface area (Å²) in [6, 6.07) is 18.2. The predicted octanol–water partition coefficient (Wildman–Crippen LogP) is 5.67. The first-order valence-corrected chi connectivity index (χ1v) is 9.00. The Morgan fingerprint density at radius 2 is 1.74 bits per heavy atom. The van der Waals surface area contributed by atoms with Crippen molar-refractivity contribution in [2.75, 3.05) is 0 Å². The molecule has 0 saturated heterocycles. The van der Waals surface area contributed by atoms with E-state index in [-0.39, 0.29) is 4.49 Å². The largest absolute Gasteiger partial charge is 0.480 e. The second kappa shape index (κ2) is 6.60. The van der Waals surface area contributed by atoms with Crippen molar-refractivity contribution in [3.63, 3.8) is 0 Å². The Hall–Kier alpha value is -2.48. The lowest BCUT2D eigenvalue weighted by Gasteiger charge is -2.18. The second-order valence-corrected chi connectivity index (χ2v) is 7.98. The van der Waals surface area contributed by atoms with Gasteiger partial charge < -0.3 is 9.84 Å². The number of carboxylic acids is 1. The maximum absolute atomic E-state index is 12.1. The maximum Gasteiger partial charge on any atom is 0.325 e. The highest BCUT2D eigenvalue weighted by Crippen LogP contribution is 2.79. The molecule has 27 heavy (non-hydrogen) atoms. The lowest BCUT2D eigenvalue weighted by Crippen LogP contribution is -2.24. The van der Waals surface area contributed by atoms with E-state index in [9.17, 15) is 15.2 Å². The molecule has 1 aliphatic carbocycles. The number of halogens is 2. The van der Waals surface area contributed by atoms with E-state index in [0.717, 1.165) is 0 Å². The molecule has 1 aliphatic rings. The molecule has 0 spiro atoms.